The summed E-state index contributed by atoms with van der Waals surface area (Å²) in [5.74, 6) is 0.0904. The first-order chi connectivity index (χ1) is 19.6. The highest BCUT2D eigenvalue weighted by atomic mass is 32.1. The first-order valence-corrected chi connectivity index (χ1v) is 14.0. The summed E-state index contributed by atoms with van der Waals surface area (Å²) in [6, 6.07) is 11.8. The van der Waals surface area contributed by atoms with Crippen LogP contribution in [-0.4, -0.2) is 44.6 Å². The largest absolute Gasteiger partial charge is 0.416 e. The second-order valence-corrected chi connectivity index (χ2v) is 10.7. The number of nitrogens with one attached hydrogen (secondary N) is 1. The van der Waals surface area contributed by atoms with Crippen LogP contribution < -0.4 is 5.32 Å². The molecular formula is C30H28F3N5O2S. The molecule has 0 bridgehead atoms. The Balaban J connectivity index is 1.23. The van der Waals surface area contributed by atoms with E-state index in [2.05, 4.69) is 15.4 Å². The van der Waals surface area contributed by atoms with Crippen molar-refractivity contribution in [2.75, 3.05) is 18.4 Å². The van der Waals surface area contributed by atoms with E-state index in [1.54, 1.807) is 46.3 Å². The topological polar surface area (TPSA) is 80.1 Å². The predicted octanol–water partition coefficient (Wildman–Crippen LogP) is 6.87. The maximum absolute atomic E-state index is 13.5. The van der Waals surface area contributed by atoms with Gasteiger partial charge in [-0.3, -0.25) is 14.3 Å². The average molecular weight is 580 g/mol. The Morgan fingerprint density at radius 1 is 1.07 bits per heavy atom. The maximum Gasteiger partial charge on any atom is 0.416 e. The molecule has 1 aliphatic rings. The highest BCUT2D eigenvalue weighted by molar-refractivity contribution is 7.10. The third-order valence-corrected chi connectivity index (χ3v) is 8.01. The monoisotopic (exact) mass is 579 g/mol. The van der Waals surface area contributed by atoms with Crippen LogP contribution in [0.2, 0.25) is 0 Å². The fraction of sp³-hybridized carbons (Fsp3) is 0.267. The Hall–Kier alpha value is -4.25. The first kappa shape index (κ1) is 28.3. The van der Waals surface area contributed by atoms with Crippen molar-refractivity contribution in [3.63, 3.8) is 0 Å². The van der Waals surface area contributed by atoms with Gasteiger partial charge in [-0.2, -0.15) is 18.3 Å². The Morgan fingerprint density at radius 2 is 1.78 bits per heavy atom. The number of carbonyl (C=O) groups is 2. The second kappa shape index (κ2) is 11.7. The van der Waals surface area contributed by atoms with Crippen LogP contribution in [-0.2, 0) is 13.2 Å². The van der Waals surface area contributed by atoms with Gasteiger partial charge in [-0.1, -0.05) is 42.5 Å². The number of thiazole rings is 1. The molecule has 1 fully saturated rings. The van der Waals surface area contributed by atoms with Crippen LogP contribution in [0.1, 0.15) is 62.7 Å². The molecule has 0 radical (unpaired) electrons. The molecule has 1 saturated heterocycles. The van der Waals surface area contributed by atoms with Gasteiger partial charge in [0.05, 0.1) is 10.6 Å². The molecular weight excluding hydrogens is 551 g/mol. The molecule has 7 nitrogen and oxygen atoms in total. The second-order valence-electron chi connectivity index (χ2n) is 9.82. The van der Waals surface area contributed by atoms with Crippen LogP contribution in [0.5, 0.6) is 0 Å². The average Bonchev–Trinajstić information content (AvgIpc) is 3.59. The molecule has 1 aliphatic heterocycles. The smallest absolute Gasteiger partial charge is 0.339 e. The summed E-state index contributed by atoms with van der Waals surface area (Å²) in [4.78, 5) is 32.7. The summed E-state index contributed by atoms with van der Waals surface area (Å²) in [6.45, 7) is 2.90. The van der Waals surface area contributed by atoms with Crippen molar-refractivity contribution in [3.05, 3.63) is 93.6 Å². The van der Waals surface area contributed by atoms with E-state index in [4.69, 9.17) is 0 Å². The Kier molecular flexibility index (Phi) is 8.07. The van der Waals surface area contributed by atoms with Gasteiger partial charge in [-0.25, -0.2) is 4.98 Å². The molecule has 2 aromatic carbocycles. The van der Waals surface area contributed by atoms with Crippen LogP contribution in [0.25, 0.3) is 17.2 Å². The maximum atomic E-state index is 13.5. The highest BCUT2D eigenvalue weighted by Gasteiger charge is 2.31. The molecule has 212 valence electrons. The lowest BCUT2D eigenvalue weighted by Crippen LogP contribution is -2.38. The number of allylic oxidation sites excluding steroid dienone is 1. The fourth-order valence-corrected chi connectivity index (χ4v) is 5.89. The molecule has 0 spiro atoms. The van der Waals surface area contributed by atoms with E-state index in [1.807, 2.05) is 25.3 Å². The number of hydrogen-bond acceptors (Lipinski definition) is 5. The number of benzene rings is 2. The number of halogens is 3. The summed E-state index contributed by atoms with van der Waals surface area (Å²) in [5, 5.41) is 9.72. The van der Waals surface area contributed by atoms with Crippen molar-refractivity contribution < 1.29 is 22.8 Å². The van der Waals surface area contributed by atoms with Crippen molar-refractivity contribution in [1.29, 1.82) is 0 Å². The quantitative estimate of drug-likeness (QED) is 0.270. The normalized spacial score (nSPS) is 14.5. The highest BCUT2D eigenvalue weighted by Crippen LogP contribution is 2.34. The molecule has 2 amide bonds. The van der Waals surface area contributed by atoms with Gasteiger partial charge in [0.1, 0.15) is 5.69 Å². The molecule has 0 atom stereocenters. The number of anilines is 1. The molecule has 4 aromatic rings. The molecule has 5 rings (SSSR count). The summed E-state index contributed by atoms with van der Waals surface area (Å²) >= 11 is 1.43. The number of likely N-dealkylation sites (tertiary alicyclic amines) is 1. The predicted molar refractivity (Wildman–Crippen MR) is 153 cm³/mol. The van der Waals surface area contributed by atoms with E-state index in [0.717, 1.165) is 22.7 Å². The zero-order chi connectivity index (χ0) is 29.1. The molecule has 0 unspecified atom stereocenters. The van der Waals surface area contributed by atoms with Gasteiger partial charge in [-0.05, 0) is 49.1 Å². The van der Waals surface area contributed by atoms with E-state index in [1.165, 1.54) is 23.5 Å². The number of nitrogens with zero attached hydrogens (tertiary/aromatic N) is 4. The third-order valence-electron chi connectivity index (χ3n) is 7.00. The number of carbonyl (C=O) groups excluding carboxylic acids is 2. The van der Waals surface area contributed by atoms with E-state index in [0.29, 0.717) is 54.1 Å². The minimum atomic E-state index is -4.42. The Morgan fingerprint density at radius 3 is 2.46 bits per heavy atom. The number of amides is 2. The number of aryl methyl sites for hydroxylation is 1. The molecule has 3 heterocycles. The van der Waals surface area contributed by atoms with E-state index in [-0.39, 0.29) is 17.7 Å². The van der Waals surface area contributed by atoms with Gasteiger partial charge in [0.2, 0.25) is 0 Å². The SMILES string of the molecule is C/C=C/c1cn(C)nc1NC(=O)c1csc(C2CCN(C(=O)c3ccccc3-c3ccc(C(F)(F)F)cc3)CC2)n1. The Bertz CT molecular complexity index is 1580. The molecule has 0 saturated carbocycles. The van der Waals surface area contributed by atoms with Crippen molar-refractivity contribution in [2.24, 2.45) is 7.05 Å². The minimum Gasteiger partial charge on any atom is -0.339 e. The summed E-state index contributed by atoms with van der Waals surface area (Å²) in [5.41, 5.74) is 1.99. The number of rotatable bonds is 6. The standard InChI is InChI=1S/C30H28F3N5O2S/c1-3-6-21-17-37(2)36-26(21)35-27(39)25-18-41-28(34-25)20-13-15-38(16-14-20)29(40)24-8-5-4-7-23(24)19-9-11-22(12-10-19)30(31,32)33/h3-12,17-18,20H,13-16H2,1-2H3,(H,35,36,39)/b6-3+. The van der Waals surface area contributed by atoms with Crippen LogP contribution in [0.3, 0.4) is 0 Å². The fourth-order valence-electron chi connectivity index (χ4n) is 4.92. The lowest BCUT2D eigenvalue weighted by Gasteiger charge is -2.31. The van der Waals surface area contributed by atoms with Crippen molar-refractivity contribution in [3.8, 4) is 11.1 Å². The third kappa shape index (κ3) is 6.25. The van der Waals surface area contributed by atoms with Gasteiger partial charge in [0, 0.05) is 48.8 Å². The van der Waals surface area contributed by atoms with Crippen LogP contribution in [0.4, 0.5) is 19.0 Å². The summed E-state index contributed by atoms with van der Waals surface area (Å²) in [6.07, 6.45) is 2.52. The van der Waals surface area contributed by atoms with Gasteiger partial charge in [-0.15, -0.1) is 11.3 Å². The van der Waals surface area contributed by atoms with Gasteiger partial charge < -0.3 is 10.2 Å². The lowest BCUT2D eigenvalue weighted by molar-refractivity contribution is -0.137. The Labute approximate surface area is 239 Å². The lowest BCUT2D eigenvalue weighted by atomic mass is 9.94. The summed E-state index contributed by atoms with van der Waals surface area (Å²) in [7, 11) is 1.79. The molecule has 2 aromatic heterocycles. The summed E-state index contributed by atoms with van der Waals surface area (Å²) < 4.78 is 40.7. The zero-order valence-electron chi connectivity index (χ0n) is 22.5. The molecule has 1 N–H and O–H groups in total. The zero-order valence-corrected chi connectivity index (χ0v) is 23.3. The number of aromatic nitrogens is 3. The number of hydrogen-bond donors (Lipinski definition) is 1. The van der Waals surface area contributed by atoms with Crippen molar-refractivity contribution in [2.45, 2.75) is 31.9 Å². The van der Waals surface area contributed by atoms with E-state index >= 15 is 0 Å². The van der Waals surface area contributed by atoms with Crippen LogP contribution >= 0.6 is 11.3 Å². The van der Waals surface area contributed by atoms with Crippen molar-refractivity contribution >= 4 is 35.0 Å². The number of piperidine rings is 1. The minimum absolute atomic E-state index is 0.115. The van der Waals surface area contributed by atoms with Crippen LogP contribution in [0, 0.1) is 0 Å². The molecule has 11 heteroatoms. The van der Waals surface area contributed by atoms with Crippen LogP contribution in [0.15, 0.2) is 66.2 Å². The first-order valence-electron chi connectivity index (χ1n) is 13.1. The van der Waals surface area contributed by atoms with E-state index < -0.39 is 11.7 Å². The molecule has 41 heavy (non-hydrogen) atoms. The van der Waals surface area contributed by atoms with E-state index in [9.17, 15) is 22.8 Å². The van der Waals surface area contributed by atoms with Crippen molar-refractivity contribution in [1.82, 2.24) is 19.7 Å². The van der Waals surface area contributed by atoms with Gasteiger partial charge >= 0.3 is 6.18 Å². The molecule has 0 aliphatic carbocycles. The van der Waals surface area contributed by atoms with Gasteiger partial charge in [0.25, 0.3) is 11.8 Å². The van der Waals surface area contributed by atoms with Gasteiger partial charge in [0.15, 0.2) is 5.82 Å². The number of alkyl halides is 3.